The fraction of sp³-hybridized carbons (Fsp3) is 0.700. The molecule has 2 fully saturated rings. The van der Waals surface area contributed by atoms with Crippen LogP contribution in [0.1, 0.15) is 44.6 Å². The molecule has 2 N–H and O–H groups in total. The Hall–Kier alpha value is -1.82. The zero-order valence-electron chi connectivity index (χ0n) is 16.2. The lowest BCUT2D eigenvalue weighted by Gasteiger charge is -2.26. The minimum atomic E-state index is 0.683. The molecule has 0 unspecified atom stereocenters. The Balaban J connectivity index is 1.50. The van der Waals surface area contributed by atoms with E-state index in [1.54, 1.807) is 0 Å². The summed E-state index contributed by atoms with van der Waals surface area (Å²) in [5.41, 5.74) is 1.22. The molecule has 0 radical (unpaired) electrons. The minimum Gasteiger partial charge on any atom is -0.357 e. The molecule has 144 valence electrons. The first-order valence-electron chi connectivity index (χ1n) is 10.3. The van der Waals surface area contributed by atoms with Crippen molar-refractivity contribution < 1.29 is 0 Å². The largest absolute Gasteiger partial charge is 0.357 e. The van der Waals surface area contributed by atoms with Gasteiger partial charge in [0.15, 0.2) is 5.96 Å². The molecule has 6 heteroatoms. The molecule has 1 aromatic rings. The molecule has 3 rings (SSSR count). The molecule has 0 spiro atoms. The van der Waals surface area contributed by atoms with Crippen LogP contribution in [0.25, 0.3) is 0 Å². The zero-order valence-corrected chi connectivity index (χ0v) is 16.2. The first-order chi connectivity index (χ1) is 12.8. The Morgan fingerprint density at radius 2 is 1.85 bits per heavy atom. The molecule has 2 aliphatic heterocycles. The number of hydrogen-bond donors (Lipinski definition) is 2. The van der Waals surface area contributed by atoms with Gasteiger partial charge in [0.05, 0.1) is 6.54 Å². The van der Waals surface area contributed by atoms with Gasteiger partial charge in [-0.2, -0.15) is 0 Å². The topological polar surface area (TPSA) is 55.8 Å². The van der Waals surface area contributed by atoms with E-state index in [-0.39, 0.29) is 0 Å². The van der Waals surface area contributed by atoms with Crippen molar-refractivity contribution in [2.45, 2.75) is 45.6 Å². The third-order valence-corrected chi connectivity index (χ3v) is 5.17. The molecule has 2 aliphatic rings. The highest BCUT2D eigenvalue weighted by Crippen LogP contribution is 2.18. The molecular weight excluding hydrogens is 324 g/mol. The number of pyridine rings is 1. The summed E-state index contributed by atoms with van der Waals surface area (Å²) in [4.78, 5) is 14.2. The van der Waals surface area contributed by atoms with Gasteiger partial charge in [-0.1, -0.05) is 6.42 Å². The standard InChI is InChI=1S/C20H34N6/c1-2-21-20(23-10-15-25-11-4-3-5-12-25)24-17-18-8-9-22-19(16-18)26-13-6-7-14-26/h8-9,16H,2-7,10-15,17H2,1H3,(H2,21,23,24). The number of guanidine groups is 1. The highest BCUT2D eigenvalue weighted by atomic mass is 15.2. The molecule has 2 saturated heterocycles. The first-order valence-corrected chi connectivity index (χ1v) is 10.3. The van der Waals surface area contributed by atoms with Gasteiger partial charge in [-0.25, -0.2) is 9.98 Å². The summed E-state index contributed by atoms with van der Waals surface area (Å²) in [5, 5.41) is 6.83. The van der Waals surface area contributed by atoms with Gasteiger partial charge in [-0.3, -0.25) is 0 Å². The molecule has 1 aromatic heterocycles. The number of hydrogen-bond acceptors (Lipinski definition) is 4. The van der Waals surface area contributed by atoms with Crippen LogP contribution < -0.4 is 15.5 Å². The Kier molecular flexibility index (Phi) is 7.55. The Labute approximate surface area is 158 Å². The molecule has 26 heavy (non-hydrogen) atoms. The number of likely N-dealkylation sites (tertiary alicyclic amines) is 1. The van der Waals surface area contributed by atoms with E-state index in [1.165, 1.54) is 50.8 Å². The molecule has 0 aliphatic carbocycles. The smallest absolute Gasteiger partial charge is 0.191 e. The normalized spacial score (nSPS) is 19.0. The van der Waals surface area contributed by atoms with Gasteiger partial charge < -0.3 is 20.4 Å². The molecule has 6 nitrogen and oxygen atoms in total. The highest BCUT2D eigenvalue weighted by molar-refractivity contribution is 5.79. The number of piperidine rings is 1. The lowest BCUT2D eigenvalue weighted by molar-refractivity contribution is 0.232. The fourth-order valence-electron chi connectivity index (χ4n) is 3.71. The summed E-state index contributed by atoms with van der Waals surface area (Å²) in [6, 6.07) is 4.26. The zero-order chi connectivity index (χ0) is 18.0. The molecule has 3 heterocycles. The Bertz CT molecular complexity index is 561. The predicted octanol–water partition coefficient (Wildman–Crippen LogP) is 2.22. The van der Waals surface area contributed by atoms with Crippen LogP contribution in [0.4, 0.5) is 5.82 Å². The number of nitrogens with zero attached hydrogens (tertiary/aromatic N) is 4. The summed E-state index contributed by atoms with van der Waals surface area (Å²) in [7, 11) is 0. The van der Waals surface area contributed by atoms with Crippen molar-refractivity contribution in [2.24, 2.45) is 4.99 Å². The van der Waals surface area contributed by atoms with Crippen molar-refractivity contribution in [3.8, 4) is 0 Å². The summed E-state index contributed by atoms with van der Waals surface area (Å²) < 4.78 is 0. The number of aliphatic imine (C=N–C) groups is 1. The summed E-state index contributed by atoms with van der Waals surface area (Å²) >= 11 is 0. The van der Waals surface area contributed by atoms with Crippen LogP contribution in [0, 0.1) is 0 Å². The van der Waals surface area contributed by atoms with Gasteiger partial charge in [-0.15, -0.1) is 0 Å². The fourth-order valence-corrected chi connectivity index (χ4v) is 3.71. The number of rotatable bonds is 7. The predicted molar refractivity (Wildman–Crippen MR) is 109 cm³/mol. The molecule has 0 aromatic carbocycles. The van der Waals surface area contributed by atoms with Crippen molar-refractivity contribution in [1.82, 2.24) is 20.5 Å². The van der Waals surface area contributed by atoms with Gasteiger partial charge in [0.25, 0.3) is 0 Å². The second kappa shape index (κ2) is 10.4. The third-order valence-electron chi connectivity index (χ3n) is 5.17. The molecular formula is C20H34N6. The van der Waals surface area contributed by atoms with E-state index in [0.29, 0.717) is 6.54 Å². The second-order valence-electron chi connectivity index (χ2n) is 7.24. The van der Waals surface area contributed by atoms with Gasteiger partial charge in [-0.05, 0) is 63.4 Å². The van der Waals surface area contributed by atoms with E-state index < -0.39 is 0 Å². The van der Waals surface area contributed by atoms with E-state index in [1.807, 2.05) is 6.20 Å². The van der Waals surface area contributed by atoms with Crippen molar-refractivity contribution >= 4 is 11.8 Å². The van der Waals surface area contributed by atoms with Crippen molar-refractivity contribution in [3.63, 3.8) is 0 Å². The van der Waals surface area contributed by atoms with E-state index in [0.717, 1.165) is 44.5 Å². The minimum absolute atomic E-state index is 0.683. The molecule has 0 amide bonds. The van der Waals surface area contributed by atoms with Gasteiger partial charge in [0.1, 0.15) is 5.82 Å². The average Bonchev–Trinajstić information content (AvgIpc) is 3.22. The van der Waals surface area contributed by atoms with Crippen LogP contribution >= 0.6 is 0 Å². The second-order valence-corrected chi connectivity index (χ2v) is 7.24. The number of anilines is 1. The highest BCUT2D eigenvalue weighted by Gasteiger charge is 2.13. The van der Waals surface area contributed by atoms with Crippen molar-refractivity contribution in [1.29, 1.82) is 0 Å². The number of aromatic nitrogens is 1. The lowest BCUT2D eigenvalue weighted by Crippen LogP contribution is -2.42. The van der Waals surface area contributed by atoms with Crippen LogP contribution in [0.15, 0.2) is 23.3 Å². The molecule has 0 atom stereocenters. The van der Waals surface area contributed by atoms with Crippen LogP contribution in [0.3, 0.4) is 0 Å². The van der Waals surface area contributed by atoms with Crippen LogP contribution in [0.5, 0.6) is 0 Å². The van der Waals surface area contributed by atoms with Crippen molar-refractivity contribution in [2.75, 3.05) is 50.7 Å². The van der Waals surface area contributed by atoms with Gasteiger partial charge in [0.2, 0.25) is 0 Å². The van der Waals surface area contributed by atoms with Crippen LogP contribution in [-0.4, -0.2) is 61.7 Å². The molecule has 0 bridgehead atoms. The first kappa shape index (κ1) is 19.0. The van der Waals surface area contributed by atoms with Crippen LogP contribution in [0.2, 0.25) is 0 Å². The summed E-state index contributed by atoms with van der Waals surface area (Å²) in [6.07, 6.45) is 8.53. The maximum absolute atomic E-state index is 4.76. The number of nitrogens with one attached hydrogen (secondary N) is 2. The van der Waals surface area contributed by atoms with E-state index in [9.17, 15) is 0 Å². The Morgan fingerprint density at radius 3 is 2.62 bits per heavy atom. The molecule has 0 saturated carbocycles. The maximum atomic E-state index is 4.76. The maximum Gasteiger partial charge on any atom is 0.191 e. The van der Waals surface area contributed by atoms with Crippen molar-refractivity contribution in [3.05, 3.63) is 23.9 Å². The van der Waals surface area contributed by atoms with E-state index in [2.05, 4.69) is 44.5 Å². The van der Waals surface area contributed by atoms with E-state index >= 15 is 0 Å². The quantitative estimate of drug-likeness (QED) is 0.578. The average molecular weight is 359 g/mol. The summed E-state index contributed by atoms with van der Waals surface area (Å²) in [6.45, 7) is 10.4. The van der Waals surface area contributed by atoms with E-state index in [4.69, 9.17) is 4.99 Å². The van der Waals surface area contributed by atoms with Gasteiger partial charge >= 0.3 is 0 Å². The summed E-state index contributed by atoms with van der Waals surface area (Å²) in [5.74, 6) is 2.00. The monoisotopic (exact) mass is 358 g/mol. The SMILES string of the molecule is CCNC(=NCc1ccnc(N2CCCC2)c1)NCCN1CCCCC1. The Morgan fingerprint density at radius 1 is 1.08 bits per heavy atom. The van der Waals surface area contributed by atoms with Gasteiger partial charge in [0, 0.05) is 38.9 Å². The van der Waals surface area contributed by atoms with Crippen LogP contribution in [-0.2, 0) is 6.54 Å². The third kappa shape index (κ3) is 5.87. The lowest BCUT2D eigenvalue weighted by atomic mass is 10.1.